The number of rotatable bonds is 4. The van der Waals surface area contributed by atoms with Crippen LogP contribution in [0.4, 0.5) is 0 Å². The molecule has 2 nitrogen and oxygen atoms in total. The molecular formula is C10H12N2. The van der Waals surface area contributed by atoms with E-state index in [4.69, 9.17) is 10.5 Å². The predicted octanol–water partition coefficient (Wildman–Crippen LogP) is 2.56. The average molecular weight is 160 g/mol. The van der Waals surface area contributed by atoms with Gasteiger partial charge in [-0.1, -0.05) is 26.0 Å². The molecule has 2 heteroatoms. The van der Waals surface area contributed by atoms with Crippen LogP contribution in [-0.2, 0) is 0 Å². The maximum atomic E-state index is 8.71. The fourth-order valence-corrected chi connectivity index (χ4v) is 0.937. The molecule has 0 spiro atoms. The summed E-state index contributed by atoms with van der Waals surface area (Å²) in [5, 5.41) is 17.4. The summed E-state index contributed by atoms with van der Waals surface area (Å²) in [6, 6.07) is 4.11. The van der Waals surface area contributed by atoms with Gasteiger partial charge in [0.2, 0.25) is 0 Å². The lowest BCUT2D eigenvalue weighted by molar-refractivity contribution is 0.683. The van der Waals surface area contributed by atoms with Crippen LogP contribution in [0.25, 0.3) is 0 Å². The van der Waals surface area contributed by atoms with Crippen molar-refractivity contribution in [1.82, 2.24) is 0 Å². The average Bonchev–Trinajstić information content (AvgIpc) is 2.11. The van der Waals surface area contributed by atoms with Gasteiger partial charge in [0.1, 0.15) is 0 Å². The van der Waals surface area contributed by atoms with Gasteiger partial charge in [0, 0.05) is 5.57 Å². The smallest absolute Gasteiger partial charge is 0.0961 e. The third-order valence-electron chi connectivity index (χ3n) is 1.54. The van der Waals surface area contributed by atoms with Crippen molar-refractivity contribution in [2.24, 2.45) is 5.92 Å². The van der Waals surface area contributed by atoms with Gasteiger partial charge >= 0.3 is 0 Å². The van der Waals surface area contributed by atoms with Crippen LogP contribution in [0.5, 0.6) is 0 Å². The lowest BCUT2D eigenvalue weighted by Gasteiger charge is -2.03. The molecule has 12 heavy (non-hydrogen) atoms. The minimum absolute atomic E-state index is 0.266. The molecular weight excluding hydrogens is 148 g/mol. The standard InChI is InChI=1S/C10H12N2/c1-3-5-9(7-11)10(8-12)6-4-2/h3,5,10H,1,4,6H2,2H3. The fraction of sp³-hybridized carbons (Fsp3) is 0.400. The van der Waals surface area contributed by atoms with Crippen molar-refractivity contribution in [3.8, 4) is 12.1 Å². The minimum Gasteiger partial charge on any atom is -0.198 e. The van der Waals surface area contributed by atoms with Gasteiger partial charge in [-0.25, -0.2) is 0 Å². The molecule has 0 bridgehead atoms. The largest absolute Gasteiger partial charge is 0.198 e. The van der Waals surface area contributed by atoms with Gasteiger partial charge in [0.25, 0.3) is 0 Å². The van der Waals surface area contributed by atoms with E-state index < -0.39 is 0 Å². The number of hydrogen-bond donors (Lipinski definition) is 0. The molecule has 0 rings (SSSR count). The van der Waals surface area contributed by atoms with Gasteiger partial charge < -0.3 is 0 Å². The van der Waals surface area contributed by atoms with Crippen LogP contribution in [0.15, 0.2) is 24.3 Å². The fourth-order valence-electron chi connectivity index (χ4n) is 0.937. The molecule has 0 amide bonds. The van der Waals surface area contributed by atoms with Crippen LogP contribution in [0, 0.1) is 28.6 Å². The van der Waals surface area contributed by atoms with Crippen molar-refractivity contribution < 1.29 is 0 Å². The Morgan fingerprint density at radius 1 is 1.58 bits per heavy atom. The Morgan fingerprint density at radius 3 is 2.58 bits per heavy atom. The number of nitriles is 2. The van der Waals surface area contributed by atoms with E-state index >= 15 is 0 Å². The molecule has 62 valence electrons. The first-order valence-electron chi connectivity index (χ1n) is 3.92. The number of allylic oxidation sites excluding steroid dienone is 3. The van der Waals surface area contributed by atoms with Crippen LogP contribution in [-0.4, -0.2) is 0 Å². The Morgan fingerprint density at radius 2 is 2.25 bits per heavy atom. The SMILES string of the molecule is C=CC=C(C#N)C(C#N)CCC. The second-order valence-corrected chi connectivity index (χ2v) is 2.44. The maximum Gasteiger partial charge on any atom is 0.0961 e. The molecule has 0 N–H and O–H groups in total. The summed E-state index contributed by atoms with van der Waals surface area (Å²) >= 11 is 0. The predicted molar refractivity (Wildman–Crippen MR) is 47.9 cm³/mol. The third-order valence-corrected chi connectivity index (χ3v) is 1.54. The lowest BCUT2D eigenvalue weighted by atomic mass is 9.96. The van der Waals surface area contributed by atoms with Crippen LogP contribution in [0.2, 0.25) is 0 Å². The van der Waals surface area contributed by atoms with Crippen molar-refractivity contribution in [3.63, 3.8) is 0 Å². The normalized spacial score (nSPS) is 12.8. The molecule has 0 aromatic carbocycles. The summed E-state index contributed by atoms with van der Waals surface area (Å²) in [5.41, 5.74) is 0.509. The van der Waals surface area contributed by atoms with Crippen molar-refractivity contribution in [2.45, 2.75) is 19.8 Å². The molecule has 1 unspecified atom stereocenters. The highest BCUT2D eigenvalue weighted by atomic mass is 14.3. The Hall–Kier alpha value is -1.54. The van der Waals surface area contributed by atoms with E-state index in [9.17, 15) is 0 Å². The first-order valence-corrected chi connectivity index (χ1v) is 3.92. The van der Waals surface area contributed by atoms with E-state index in [0.29, 0.717) is 5.57 Å². The highest BCUT2D eigenvalue weighted by molar-refractivity contribution is 5.31. The summed E-state index contributed by atoms with van der Waals surface area (Å²) < 4.78 is 0. The van der Waals surface area contributed by atoms with Crippen LogP contribution < -0.4 is 0 Å². The van der Waals surface area contributed by atoms with Gasteiger partial charge in [0.05, 0.1) is 18.1 Å². The van der Waals surface area contributed by atoms with Gasteiger partial charge in [-0.2, -0.15) is 10.5 Å². The first-order chi connectivity index (χ1) is 5.79. The quantitative estimate of drug-likeness (QED) is 0.468. The van der Waals surface area contributed by atoms with E-state index in [1.165, 1.54) is 0 Å². The zero-order valence-corrected chi connectivity index (χ0v) is 7.25. The molecule has 0 radical (unpaired) electrons. The van der Waals surface area contributed by atoms with E-state index in [0.717, 1.165) is 12.8 Å². The number of nitrogens with zero attached hydrogens (tertiary/aromatic N) is 2. The summed E-state index contributed by atoms with van der Waals surface area (Å²) in [6.07, 6.45) is 4.79. The monoisotopic (exact) mass is 160 g/mol. The molecule has 0 heterocycles. The summed E-state index contributed by atoms with van der Waals surface area (Å²) in [7, 11) is 0. The van der Waals surface area contributed by atoms with Crippen molar-refractivity contribution >= 4 is 0 Å². The second-order valence-electron chi connectivity index (χ2n) is 2.44. The van der Waals surface area contributed by atoms with Crippen LogP contribution >= 0.6 is 0 Å². The van der Waals surface area contributed by atoms with Crippen molar-refractivity contribution in [1.29, 1.82) is 10.5 Å². The summed E-state index contributed by atoms with van der Waals surface area (Å²) in [6.45, 7) is 5.48. The summed E-state index contributed by atoms with van der Waals surface area (Å²) in [4.78, 5) is 0. The highest BCUT2D eigenvalue weighted by Gasteiger charge is 2.10. The second kappa shape index (κ2) is 6.19. The topological polar surface area (TPSA) is 47.6 Å². The molecule has 0 saturated carbocycles. The lowest BCUT2D eigenvalue weighted by Crippen LogP contribution is -1.98. The Balaban J connectivity index is 4.49. The van der Waals surface area contributed by atoms with Crippen molar-refractivity contribution in [2.75, 3.05) is 0 Å². The molecule has 0 saturated heterocycles. The molecule has 0 fully saturated rings. The molecule has 0 aliphatic heterocycles. The molecule has 0 aromatic rings. The van der Waals surface area contributed by atoms with Crippen molar-refractivity contribution in [3.05, 3.63) is 24.3 Å². The molecule has 1 atom stereocenters. The molecule has 0 aliphatic rings. The Kier molecular flexibility index (Phi) is 5.39. The maximum absolute atomic E-state index is 8.71. The third kappa shape index (κ3) is 3.03. The zero-order valence-electron chi connectivity index (χ0n) is 7.25. The van der Waals surface area contributed by atoms with E-state index in [2.05, 4.69) is 12.6 Å². The Labute approximate surface area is 73.4 Å². The molecule has 0 aliphatic carbocycles. The number of hydrogen-bond acceptors (Lipinski definition) is 2. The minimum atomic E-state index is -0.266. The van der Waals surface area contributed by atoms with Crippen LogP contribution in [0.1, 0.15) is 19.8 Å². The first kappa shape index (κ1) is 10.5. The zero-order chi connectivity index (χ0) is 9.40. The molecule has 0 aromatic heterocycles. The summed E-state index contributed by atoms with van der Waals surface area (Å²) in [5.74, 6) is -0.266. The van der Waals surface area contributed by atoms with E-state index in [1.807, 2.05) is 13.0 Å². The highest BCUT2D eigenvalue weighted by Crippen LogP contribution is 2.15. The van der Waals surface area contributed by atoms with Gasteiger partial charge in [0.15, 0.2) is 0 Å². The Bertz CT molecular complexity index is 250. The van der Waals surface area contributed by atoms with Crippen LogP contribution in [0.3, 0.4) is 0 Å². The van der Waals surface area contributed by atoms with E-state index in [1.54, 1.807) is 12.2 Å². The van der Waals surface area contributed by atoms with Gasteiger partial charge in [-0.3, -0.25) is 0 Å². The van der Waals surface area contributed by atoms with E-state index in [-0.39, 0.29) is 5.92 Å². The van der Waals surface area contributed by atoms with Gasteiger partial charge in [-0.15, -0.1) is 0 Å². The van der Waals surface area contributed by atoms with Gasteiger partial charge in [-0.05, 0) is 12.5 Å².